The normalized spacial score (nSPS) is 11.1. The first-order chi connectivity index (χ1) is 11.4. The van der Waals surface area contributed by atoms with E-state index in [1.807, 2.05) is 0 Å². The van der Waals surface area contributed by atoms with Gasteiger partial charge in [-0.1, -0.05) is 6.92 Å². The second-order valence-electron chi connectivity index (χ2n) is 4.77. The van der Waals surface area contributed by atoms with Crippen molar-refractivity contribution < 1.29 is 17.9 Å². The molecule has 0 saturated carbocycles. The van der Waals surface area contributed by atoms with E-state index < -0.39 is 15.8 Å². The number of nitrogens with one attached hydrogen (secondary N) is 1. The van der Waals surface area contributed by atoms with Crippen LogP contribution in [0.3, 0.4) is 0 Å². The summed E-state index contributed by atoms with van der Waals surface area (Å²) in [6, 6.07) is 6.19. The maximum absolute atomic E-state index is 11.8. The summed E-state index contributed by atoms with van der Waals surface area (Å²) in [5, 5.41) is 2.89. The molecule has 0 spiro atoms. The molecule has 1 aromatic heterocycles. The van der Waals surface area contributed by atoms with Gasteiger partial charge in [0.05, 0.1) is 17.3 Å². The summed E-state index contributed by atoms with van der Waals surface area (Å²) in [4.78, 5) is 19.9. The number of carbonyl (C=O) groups excluding carboxylic acids is 1. The predicted octanol–water partition coefficient (Wildman–Crippen LogP) is 1.77. The zero-order valence-corrected chi connectivity index (χ0v) is 14.1. The van der Waals surface area contributed by atoms with Gasteiger partial charge in [0.1, 0.15) is 11.4 Å². The van der Waals surface area contributed by atoms with Gasteiger partial charge in [0.25, 0.3) is 0 Å². The average Bonchev–Trinajstić information content (AvgIpc) is 2.55. The Kier molecular flexibility index (Phi) is 5.35. The molecule has 1 aromatic carbocycles. The van der Waals surface area contributed by atoms with Crippen LogP contribution in [0.25, 0.3) is 0 Å². The number of nitrogen functional groups attached to an aromatic ring is 1. The number of hydrogen-bond donors (Lipinski definition) is 2. The van der Waals surface area contributed by atoms with E-state index in [2.05, 4.69) is 15.3 Å². The number of aromatic nitrogens is 2. The fourth-order valence-electron chi connectivity index (χ4n) is 1.86. The lowest BCUT2D eigenvalue weighted by Crippen LogP contribution is -2.11. The Balaban J connectivity index is 2.17. The SMILES string of the molecule is CCOC(=O)c1cnc(Nc2ccc(S(=O)(=O)CC)cc2)nc1N. The van der Waals surface area contributed by atoms with Crippen molar-refractivity contribution >= 4 is 33.3 Å². The van der Waals surface area contributed by atoms with E-state index in [1.165, 1.54) is 18.3 Å². The van der Waals surface area contributed by atoms with Crippen molar-refractivity contribution in [3.8, 4) is 0 Å². The number of anilines is 3. The monoisotopic (exact) mass is 350 g/mol. The number of rotatable bonds is 6. The van der Waals surface area contributed by atoms with Gasteiger partial charge in [0, 0.05) is 11.9 Å². The van der Waals surface area contributed by atoms with E-state index in [0.29, 0.717) is 5.69 Å². The molecule has 0 bridgehead atoms. The van der Waals surface area contributed by atoms with Crippen molar-refractivity contribution in [3.05, 3.63) is 36.0 Å². The highest BCUT2D eigenvalue weighted by Gasteiger charge is 2.14. The molecule has 24 heavy (non-hydrogen) atoms. The number of sulfone groups is 1. The minimum absolute atomic E-state index is 0.00358. The van der Waals surface area contributed by atoms with Crippen LogP contribution in [-0.4, -0.2) is 36.7 Å². The third-order valence-electron chi connectivity index (χ3n) is 3.16. The minimum Gasteiger partial charge on any atom is -0.462 e. The third-order valence-corrected chi connectivity index (χ3v) is 4.91. The molecular weight excluding hydrogens is 332 g/mol. The molecule has 2 aromatic rings. The van der Waals surface area contributed by atoms with Gasteiger partial charge in [-0.15, -0.1) is 0 Å². The molecule has 9 heteroatoms. The quantitative estimate of drug-likeness (QED) is 0.755. The molecule has 0 aliphatic heterocycles. The van der Waals surface area contributed by atoms with Crippen LogP contribution in [0.1, 0.15) is 24.2 Å². The van der Waals surface area contributed by atoms with Crippen LogP contribution in [0.15, 0.2) is 35.4 Å². The van der Waals surface area contributed by atoms with Crippen molar-refractivity contribution in [1.29, 1.82) is 0 Å². The van der Waals surface area contributed by atoms with E-state index in [4.69, 9.17) is 10.5 Å². The Morgan fingerprint density at radius 3 is 2.46 bits per heavy atom. The van der Waals surface area contributed by atoms with Gasteiger partial charge >= 0.3 is 5.97 Å². The van der Waals surface area contributed by atoms with Crippen LogP contribution >= 0.6 is 0 Å². The van der Waals surface area contributed by atoms with Crippen LogP contribution in [-0.2, 0) is 14.6 Å². The molecule has 1 heterocycles. The van der Waals surface area contributed by atoms with Crippen molar-refractivity contribution in [2.75, 3.05) is 23.4 Å². The zero-order chi connectivity index (χ0) is 17.7. The van der Waals surface area contributed by atoms with E-state index >= 15 is 0 Å². The molecule has 3 N–H and O–H groups in total. The highest BCUT2D eigenvalue weighted by atomic mass is 32.2. The van der Waals surface area contributed by atoms with E-state index in [0.717, 1.165) is 0 Å². The van der Waals surface area contributed by atoms with Crippen molar-refractivity contribution in [2.45, 2.75) is 18.7 Å². The lowest BCUT2D eigenvalue weighted by molar-refractivity contribution is 0.0527. The van der Waals surface area contributed by atoms with Gasteiger partial charge < -0.3 is 15.8 Å². The van der Waals surface area contributed by atoms with Crippen LogP contribution in [0.4, 0.5) is 17.5 Å². The Morgan fingerprint density at radius 2 is 1.92 bits per heavy atom. The Labute approximate surface area is 140 Å². The van der Waals surface area contributed by atoms with E-state index in [-0.39, 0.29) is 34.6 Å². The van der Waals surface area contributed by atoms with Gasteiger partial charge in [-0.3, -0.25) is 0 Å². The maximum atomic E-state index is 11.8. The smallest absolute Gasteiger partial charge is 0.343 e. The Hall–Kier alpha value is -2.68. The van der Waals surface area contributed by atoms with Gasteiger partial charge in [0.15, 0.2) is 9.84 Å². The summed E-state index contributed by atoms with van der Waals surface area (Å²) >= 11 is 0. The lowest BCUT2D eigenvalue weighted by atomic mass is 10.3. The second-order valence-corrected chi connectivity index (χ2v) is 7.04. The van der Waals surface area contributed by atoms with Gasteiger partial charge in [0.2, 0.25) is 5.95 Å². The number of ether oxygens (including phenoxy) is 1. The summed E-state index contributed by atoms with van der Waals surface area (Å²) in [7, 11) is -3.25. The number of nitrogens with zero attached hydrogens (tertiary/aromatic N) is 2. The summed E-state index contributed by atoms with van der Waals surface area (Å²) in [6.07, 6.45) is 1.28. The first kappa shape index (κ1) is 17.7. The molecule has 2 rings (SSSR count). The van der Waals surface area contributed by atoms with Crippen molar-refractivity contribution in [3.63, 3.8) is 0 Å². The number of carbonyl (C=O) groups is 1. The standard InChI is InChI=1S/C15H18N4O4S/c1-3-23-14(20)12-9-17-15(19-13(12)16)18-10-5-7-11(8-6-10)24(21,22)4-2/h5-9H,3-4H2,1-2H3,(H3,16,17,18,19). The van der Waals surface area contributed by atoms with Gasteiger partial charge in [-0.25, -0.2) is 18.2 Å². The molecule has 0 fully saturated rings. The molecule has 0 atom stereocenters. The highest BCUT2D eigenvalue weighted by molar-refractivity contribution is 7.91. The molecule has 0 radical (unpaired) electrons. The van der Waals surface area contributed by atoms with Crippen LogP contribution in [0.5, 0.6) is 0 Å². The van der Waals surface area contributed by atoms with Gasteiger partial charge in [-0.2, -0.15) is 4.98 Å². The molecule has 0 aliphatic carbocycles. The average molecular weight is 350 g/mol. The lowest BCUT2D eigenvalue weighted by Gasteiger charge is -2.08. The first-order valence-corrected chi connectivity index (χ1v) is 8.92. The molecule has 8 nitrogen and oxygen atoms in total. The fourth-order valence-corrected chi connectivity index (χ4v) is 2.75. The minimum atomic E-state index is -3.25. The largest absolute Gasteiger partial charge is 0.462 e. The van der Waals surface area contributed by atoms with E-state index in [1.54, 1.807) is 26.0 Å². The Morgan fingerprint density at radius 1 is 1.25 bits per heavy atom. The summed E-state index contributed by atoms with van der Waals surface area (Å²) in [6.45, 7) is 3.50. The van der Waals surface area contributed by atoms with Crippen molar-refractivity contribution in [1.82, 2.24) is 9.97 Å². The molecule has 0 saturated heterocycles. The van der Waals surface area contributed by atoms with Crippen LogP contribution in [0.2, 0.25) is 0 Å². The Bertz CT molecular complexity index is 835. The molecule has 0 amide bonds. The van der Waals surface area contributed by atoms with E-state index in [9.17, 15) is 13.2 Å². The van der Waals surface area contributed by atoms with Crippen molar-refractivity contribution in [2.24, 2.45) is 0 Å². The zero-order valence-electron chi connectivity index (χ0n) is 13.3. The molecule has 0 unspecified atom stereocenters. The second kappa shape index (κ2) is 7.26. The van der Waals surface area contributed by atoms with Crippen LogP contribution < -0.4 is 11.1 Å². The fraction of sp³-hybridized carbons (Fsp3) is 0.267. The summed E-state index contributed by atoms with van der Waals surface area (Å²) < 4.78 is 28.4. The van der Waals surface area contributed by atoms with Gasteiger partial charge in [-0.05, 0) is 31.2 Å². The number of nitrogens with two attached hydrogens (primary N) is 1. The third kappa shape index (κ3) is 3.99. The number of esters is 1. The summed E-state index contributed by atoms with van der Waals surface area (Å²) in [5.74, 6) is -0.368. The molecular formula is C15H18N4O4S. The number of benzene rings is 1. The molecule has 0 aliphatic rings. The molecule has 128 valence electrons. The number of hydrogen-bond acceptors (Lipinski definition) is 8. The van der Waals surface area contributed by atoms with Crippen LogP contribution in [0, 0.1) is 0 Å². The first-order valence-electron chi connectivity index (χ1n) is 7.27. The predicted molar refractivity (Wildman–Crippen MR) is 89.9 cm³/mol. The maximum Gasteiger partial charge on any atom is 0.343 e. The highest BCUT2D eigenvalue weighted by Crippen LogP contribution is 2.19. The summed E-state index contributed by atoms with van der Waals surface area (Å²) in [5.41, 5.74) is 6.41. The topological polar surface area (TPSA) is 124 Å².